The summed E-state index contributed by atoms with van der Waals surface area (Å²) in [7, 11) is 0. The Balaban J connectivity index is 1.41. The van der Waals surface area contributed by atoms with Gasteiger partial charge in [-0.3, -0.25) is 4.79 Å². The van der Waals surface area contributed by atoms with Crippen LogP contribution < -0.4 is 0 Å². The normalized spacial score (nSPS) is 20.4. The molecular formula is C19H28O2. The van der Waals surface area contributed by atoms with Crippen molar-refractivity contribution in [3.05, 3.63) is 35.9 Å². The first kappa shape index (κ1) is 16.1. The lowest BCUT2D eigenvalue weighted by Crippen LogP contribution is -1.93. The number of rotatable bonds is 11. The second-order valence-electron chi connectivity index (χ2n) is 6.42. The average molecular weight is 288 g/mol. The third-order valence-corrected chi connectivity index (χ3v) is 4.62. The van der Waals surface area contributed by atoms with Crippen molar-refractivity contribution in [3.8, 4) is 0 Å². The van der Waals surface area contributed by atoms with E-state index in [1.165, 1.54) is 50.5 Å². The van der Waals surface area contributed by atoms with Crippen molar-refractivity contribution in [2.45, 2.75) is 70.1 Å². The maximum absolute atomic E-state index is 10.4. The van der Waals surface area contributed by atoms with Crippen LogP contribution in [0, 0.1) is 5.92 Å². The Labute approximate surface area is 128 Å². The maximum atomic E-state index is 10.4. The van der Waals surface area contributed by atoms with Crippen molar-refractivity contribution >= 4 is 5.97 Å². The lowest BCUT2D eigenvalue weighted by molar-refractivity contribution is -0.137. The van der Waals surface area contributed by atoms with Crippen LogP contribution in [0.5, 0.6) is 0 Å². The molecule has 1 aliphatic carbocycles. The minimum absolute atomic E-state index is 0.336. The molecule has 0 spiro atoms. The monoisotopic (exact) mass is 288 g/mol. The fourth-order valence-corrected chi connectivity index (χ4v) is 3.24. The van der Waals surface area contributed by atoms with Crippen LogP contribution in [0.4, 0.5) is 0 Å². The van der Waals surface area contributed by atoms with Gasteiger partial charge < -0.3 is 5.11 Å². The van der Waals surface area contributed by atoms with Gasteiger partial charge in [-0.25, -0.2) is 0 Å². The van der Waals surface area contributed by atoms with Crippen LogP contribution in [-0.4, -0.2) is 11.1 Å². The Morgan fingerprint density at radius 1 is 0.952 bits per heavy atom. The molecule has 0 heterocycles. The summed E-state index contributed by atoms with van der Waals surface area (Å²) >= 11 is 0. The predicted molar refractivity (Wildman–Crippen MR) is 86.5 cm³/mol. The summed E-state index contributed by atoms with van der Waals surface area (Å²) in [5, 5.41) is 8.55. The molecule has 1 N–H and O–H groups in total. The van der Waals surface area contributed by atoms with Crippen LogP contribution >= 0.6 is 0 Å². The Hall–Kier alpha value is -1.31. The van der Waals surface area contributed by atoms with Crippen molar-refractivity contribution < 1.29 is 9.90 Å². The molecule has 0 radical (unpaired) electrons. The molecule has 2 rings (SSSR count). The van der Waals surface area contributed by atoms with Crippen LogP contribution in [0.1, 0.15) is 75.7 Å². The van der Waals surface area contributed by atoms with E-state index >= 15 is 0 Å². The Morgan fingerprint density at radius 3 is 2.24 bits per heavy atom. The molecule has 1 saturated carbocycles. The Kier molecular flexibility index (Phi) is 6.78. The number of unbranched alkanes of at least 4 members (excludes halogenated alkanes) is 6. The topological polar surface area (TPSA) is 37.3 Å². The SMILES string of the molecule is O=C(O)CCCCCCCCC[C@@H]1C[C@H]1c1ccccc1. The van der Waals surface area contributed by atoms with Gasteiger partial charge in [0, 0.05) is 6.42 Å². The first-order chi connectivity index (χ1) is 10.3. The Bertz CT molecular complexity index is 413. The molecule has 2 nitrogen and oxygen atoms in total. The molecule has 0 bridgehead atoms. The van der Waals surface area contributed by atoms with Crippen molar-refractivity contribution in [1.29, 1.82) is 0 Å². The molecule has 1 aliphatic rings. The number of hydrogen-bond donors (Lipinski definition) is 1. The molecular weight excluding hydrogens is 260 g/mol. The Morgan fingerprint density at radius 2 is 1.57 bits per heavy atom. The molecule has 0 aliphatic heterocycles. The molecule has 0 amide bonds. The number of hydrogen-bond acceptors (Lipinski definition) is 1. The zero-order valence-electron chi connectivity index (χ0n) is 13.0. The highest BCUT2D eigenvalue weighted by Crippen LogP contribution is 2.50. The molecule has 0 unspecified atom stereocenters. The molecule has 21 heavy (non-hydrogen) atoms. The first-order valence-electron chi connectivity index (χ1n) is 8.54. The molecule has 2 atom stereocenters. The lowest BCUT2D eigenvalue weighted by atomic mass is 10.0. The highest BCUT2D eigenvalue weighted by Gasteiger charge is 2.36. The number of carbonyl (C=O) groups is 1. The third kappa shape index (κ3) is 6.33. The molecule has 116 valence electrons. The van der Waals surface area contributed by atoms with Gasteiger partial charge in [-0.15, -0.1) is 0 Å². The largest absolute Gasteiger partial charge is 0.481 e. The van der Waals surface area contributed by atoms with Gasteiger partial charge in [0.25, 0.3) is 0 Å². The summed E-state index contributed by atoms with van der Waals surface area (Å²) < 4.78 is 0. The minimum atomic E-state index is -0.660. The van der Waals surface area contributed by atoms with Crippen LogP contribution in [0.2, 0.25) is 0 Å². The first-order valence-corrected chi connectivity index (χ1v) is 8.54. The lowest BCUT2D eigenvalue weighted by Gasteiger charge is -2.02. The van der Waals surface area contributed by atoms with E-state index < -0.39 is 5.97 Å². The van der Waals surface area contributed by atoms with Gasteiger partial charge in [0.15, 0.2) is 0 Å². The van der Waals surface area contributed by atoms with Gasteiger partial charge in [-0.1, -0.05) is 68.9 Å². The number of aliphatic carboxylic acids is 1. The standard InChI is InChI=1S/C19H28O2/c20-19(21)14-10-5-3-1-2-4-7-13-17-15-18(17)16-11-8-6-9-12-16/h6,8-9,11-12,17-18H,1-5,7,10,13-15H2,(H,20,21)/t17-,18+/m1/s1. The summed E-state index contributed by atoms with van der Waals surface area (Å²) in [4.78, 5) is 10.4. The van der Waals surface area contributed by atoms with E-state index in [0.29, 0.717) is 6.42 Å². The van der Waals surface area contributed by atoms with Gasteiger partial charge in [0.05, 0.1) is 0 Å². The van der Waals surface area contributed by atoms with Crippen molar-refractivity contribution in [3.63, 3.8) is 0 Å². The minimum Gasteiger partial charge on any atom is -0.481 e. The van der Waals surface area contributed by atoms with Crippen molar-refractivity contribution in [1.82, 2.24) is 0 Å². The van der Waals surface area contributed by atoms with Crippen LogP contribution in [0.25, 0.3) is 0 Å². The highest BCUT2D eigenvalue weighted by molar-refractivity contribution is 5.66. The fourth-order valence-electron chi connectivity index (χ4n) is 3.24. The summed E-state index contributed by atoms with van der Waals surface area (Å²) in [6, 6.07) is 10.9. The zero-order chi connectivity index (χ0) is 14.9. The number of carboxylic acid groups (broad SMARTS) is 1. The maximum Gasteiger partial charge on any atom is 0.303 e. The highest BCUT2D eigenvalue weighted by atomic mass is 16.4. The predicted octanol–water partition coefficient (Wildman–Crippen LogP) is 5.39. The fraction of sp³-hybridized carbons (Fsp3) is 0.632. The van der Waals surface area contributed by atoms with Gasteiger partial charge in [0.1, 0.15) is 0 Å². The molecule has 2 heteroatoms. The molecule has 1 aromatic carbocycles. The second-order valence-corrected chi connectivity index (χ2v) is 6.42. The smallest absolute Gasteiger partial charge is 0.303 e. The van der Waals surface area contributed by atoms with E-state index in [1.54, 1.807) is 0 Å². The quantitative estimate of drug-likeness (QED) is 0.555. The van der Waals surface area contributed by atoms with Crippen molar-refractivity contribution in [2.24, 2.45) is 5.92 Å². The van der Waals surface area contributed by atoms with Crippen LogP contribution in [0.3, 0.4) is 0 Å². The van der Waals surface area contributed by atoms with E-state index in [-0.39, 0.29) is 0 Å². The summed E-state index contributed by atoms with van der Waals surface area (Å²) in [5.41, 5.74) is 1.53. The zero-order valence-corrected chi connectivity index (χ0v) is 13.0. The van der Waals surface area contributed by atoms with E-state index in [1.807, 2.05) is 0 Å². The van der Waals surface area contributed by atoms with Gasteiger partial charge in [-0.2, -0.15) is 0 Å². The summed E-state index contributed by atoms with van der Waals surface area (Å²) in [6.07, 6.45) is 11.5. The van der Waals surface area contributed by atoms with E-state index in [4.69, 9.17) is 5.11 Å². The van der Waals surface area contributed by atoms with Crippen LogP contribution in [-0.2, 0) is 4.79 Å². The molecule has 0 saturated heterocycles. The molecule has 1 aromatic rings. The summed E-state index contributed by atoms with van der Waals surface area (Å²) in [5.74, 6) is 1.11. The molecule has 0 aromatic heterocycles. The third-order valence-electron chi connectivity index (χ3n) is 4.62. The van der Waals surface area contributed by atoms with Gasteiger partial charge in [-0.05, 0) is 36.7 Å². The van der Waals surface area contributed by atoms with E-state index in [9.17, 15) is 4.79 Å². The van der Waals surface area contributed by atoms with Gasteiger partial charge >= 0.3 is 5.97 Å². The van der Waals surface area contributed by atoms with Crippen LogP contribution in [0.15, 0.2) is 30.3 Å². The number of benzene rings is 1. The average Bonchev–Trinajstić information content (AvgIpc) is 3.26. The second kappa shape index (κ2) is 8.86. The van der Waals surface area contributed by atoms with Gasteiger partial charge in [0.2, 0.25) is 0 Å². The van der Waals surface area contributed by atoms with E-state index in [0.717, 1.165) is 24.7 Å². The van der Waals surface area contributed by atoms with Crippen molar-refractivity contribution in [2.75, 3.05) is 0 Å². The number of carboxylic acids is 1. The summed E-state index contributed by atoms with van der Waals surface area (Å²) in [6.45, 7) is 0. The molecule has 1 fully saturated rings. The van der Waals surface area contributed by atoms with E-state index in [2.05, 4.69) is 30.3 Å².